The summed E-state index contributed by atoms with van der Waals surface area (Å²) in [6.45, 7) is 7.23. The molecule has 2 bridgehead atoms. The molecule has 0 saturated carbocycles. The topological polar surface area (TPSA) is 63.4 Å². The number of nitrogens with one attached hydrogen (secondary N) is 1. The van der Waals surface area contributed by atoms with Crippen molar-refractivity contribution in [1.82, 2.24) is 20.2 Å². The summed E-state index contributed by atoms with van der Waals surface area (Å²) in [4.78, 5) is 12.1. The van der Waals surface area contributed by atoms with Gasteiger partial charge in [0.1, 0.15) is 11.5 Å². The minimum Gasteiger partial charge on any atom is -0.463 e. The lowest BCUT2D eigenvalue weighted by Crippen LogP contribution is -2.56. The third-order valence-electron chi connectivity index (χ3n) is 6.75. The maximum Gasteiger partial charge on any atom is 0.152 e. The first-order chi connectivity index (χ1) is 13.8. The predicted octanol–water partition coefficient (Wildman–Crippen LogP) is 2.99. The number of aryl methyl sites for hydroxylation is 1. The molecular formula is C22H30N4O2. The zero-order valence-electron chi connectivity index (χ0n) is 16.6. The smallest absolute Gasteiger partial charge is 0.152 e. The van der Waals surface area contributed by atoms with Crippen LogP contribution in [0.3, 0.4) is 0 Å². The van der Waals surface area contributed by atoms with Crippen molar-refractivity contribution < 1.29 is 9.15 Å². The second-order valence-corrected chi connectivity index (χ2v) is 8.54. The number of ether oxygens (including phenoxy) is 1. The molecule has 4 saturated heterocycles. The van der Waals surface area contributed by atoms with Crippen molar-refractivity contribution in [1.29, 1.82) is 0 Å². The fourth-order valence-corrected chi connectivity index (χ4v) is 5.22. The Kier molecular flexibility index (Phi) is 5.18. The number of fused-ring (bicyclic) bond motifs is 3. The molecule has 28 heavy (non-hydrogen) atoms. The number of hydrogen-bond donors (Lipinski definition) is 1. The van der Waals surface area contributed by atoms with Crippen LogP contribution in [0.2, 0.25) is 0 Å². The molecular weight excluding hydrogens is 352 g/mol. The molecule has 2 aromatic heterocycles. The van der Waals surface area contributed by atoms with Crippen molar-refractivity contribution in [2.45, 2.75) is 50.6 Å². The lowest BCUT2D eigenvalue weighted by Gasteiger charge is -2.50. The number of furan rings is 1. The van der Waals surface area contributed by atoms with E-state index in [1.54, 1.807) is 6.26 Å². The van der Waals surface area contributed by atoms with Crippen LogP contribution in [0.1, 0.15) is 43.1 Å². The monoisotopic (exact) mass is 382 g/mol. The zero-order valence-corrected chi connectivity index (χ0v) is 16.6. The predicted molar refractivity (Wildman–Crippen MR) is 107 cm³/mol. The minimum atomic E-state index is 0.503. The Hall–Kier alpha value is -1.76. The highest BCUT2D eigenvalue weighted by atomic mass is 16.5. The Balaban J connectivity index is 1.27. The largest absolute Gasteiger partial charge is 0.463 e. The molecule has 4 aliphatic rings. The number of hydrogen-bond acceptors (Lipinski definition) is 6. The minimum absolute atomic E-state index is 0.503. The lowest BCUT2D eigenvalue weighted by molar-refractivity contribution is 0.0235. The van der Waals surface area contributed by atoms with Gasteiger partial charge in [-0.3, -0.25) is 4.90 Å². The van der Waals surface area contributed by atoms with Crippen LogP contribution in [0.4, 0.5) is 0 Å². The molecule has 0 aliphatic carbocycles. The highest BCUT2D eigenvalue weighted by molar-refractivity contribution is 5.52. The average molecular weight is 383 g/mol. The van der Waals surface area contributed by atoms with Gasteiger partial charge in [-0.1, -0.05) is 0 Å². The van der Waals surface area contributed by atoms with E-state index in [4.69, 9.17) is 14.1 Å². The maximum atomic E-state index is 5.57. The summed E-state index contributed by atoms with van der Waals surface area (Å²) >= 11 is 0. The third kappa shape index (κ3) is 3.73. The van der Waals surface area contributed by atoms with Gasteiger partial charge in [-0.05, 0) is 63.3 Å². The van der Waals surface area contributed by atoms with Crippen molar-refractivity contribution in [2.75, 3.05) is 32.8 Å². The fourth-order valence-electron chi connectivity index (χ4n) is 5.22. The van der Waals surface area contributed by atoms with Crippen molar-refractivity contribution >= 4 is 0 Å². The van der Waals surface area contributed by atoms with E-state index in [0.29, 0.717) is 23.9 Å². The number of nitrogens with zero attached hydrogens (tertiary/aromatic N) is 3. The Morgan fingerprint density at radius 3 is 2.86 bits per heavy atom. The molecule has 1 unspecified atom stereocenters. The Labute approximate surface area is 166 Å². The molecule has 0 spiro atoms. The first-order valence-corrected chi connectivity index (χ1v) is 10.7. The van der Waals surface area contributed by atoms with E-state index < -0.39 is 0 Å². The Morgan fingerprint density at radius 1 is 1.21 bits per heavy atom. The van der Waals surface area contributed by atoms with E-state index in [0.717, 1.165) is 56.4 Å². The fraction of sp³-hybridized carbons (Fsp3) is 0.636. The van der Waals surface area contributed by atoms with E-state index in [1.807, 2.05) is 19.1 Å². The molecule has 6 rings (SSSR count). The van der Waals surface area contributed by atoms with Gasteiger partial charge >= 0.3 is 0 Å². The number of rotatable bonds is 5. The molecule has 6 heterocycles. The Bertz CT molecular complexity index is 788. The van der Waals surface area contributed by atoms with Crippen LogP contribution in [0.5, 0.6) is 0 Å². The molecule has 0 amide bonds. The molecule has 150 valence electrons. The molecule has 6 heteroatoms. The zero-order chi connectivity index (χ0) is 18.9. The average Bonchev–Trinajstić information content (AvgIpc) is 3.28. The second kappa shape index (κ2) is 7.93. The molecule has 6 nitrogen and oxygen atoms in total. The van der Waals surface area contributed by atoms with Gasteiger partial charge < -0.3 is 14.5 Å². The van der Waals surface area contributed by atoms with Gasteiger partial charge in [0.25, 0.3) is 0 Å². The number of piperidine rings is 3. The maximum absolute atomic E-state index is 5.57. The van der Waals surface area contributed by atoms with Gasteiger partial charge in [-0.15, -0.1) is 0 Å². The van der Waals surface area contributed by atoms with E-state index in [2.05, 4.69) is 21.3 Å². The van der Waals surface area contributed by atoms with Crippen molar-refractivity contribution in [2.24, 2.45) is 5.92 Å². The van der Waals surface area contributed by atoms with Crippen LogP contribution in [-0.4, -0.2) is 59.8 Å². The number of aromatic nitrogens is 2. The highest BCUT2D eigenvalue weighted by Gasteiger charge is 2.41. The van der Waals surface area contributed by atoms with Gasteiger partial charge in [0.05, 0.1) is 6.26 Å². The van der Waals surface area contributed by atoms with E-state index in [9.17, 15) is 0 Å². The molecule has 4 fully saturated rings. The van der Waals surface area contributed by atoms with E-state index >= 15 is 0 Å². The summed E-state index contributed by atoms with van der Waals surface area (Å²) in [6.07, 6.45) is 6.54. The van der Waals surface area contributed by atoms with Crippen molar-refractivity contribution in [3.8, 4) is 11.5 Å². The SMILES string of the molecule is Cc1nc(-c2ccco2)cc([C@@H]2CN3CC[C@H]2C[C@@H]3CNC2CCOCC2)n1. The van der Waals surface area contributed by atoms with Crippen LogP contribution in [0.15, 0.2) is 28.9 Å². The van der Waals surface area contributed by atoms with Crippen molar-refractivity contribution in [3.05, 3.63) is 36.0 Å². The van der Waals surface area contributed by atoms with Crippen LogP contribution in [0, 0.1) is 12.8 Å². The van der Waals surface area contributed by atoms with Gasteiger partial charge in [-0.25, -0.2) is 9.97 Å². The summed E-state index contributed by atoms with van der Waals surface area (Å²) < 4.78 is 11.0. The molecule has 0 radical (unpaired) electrons. The van der Waals surface area contributed by atoms with Crippen LogP contribution < -0.4 is 5.32 Å². The lowest BCUT2D eigenvalue weighted by atomic mass is 9.74. The molecule has 4 atom stereocenters. The molecule has 1 N–H and O–H groups in total. The van der Waals surface area contributed by atoms with Crippen LogP contribution in [0.25, 0.3) is 11.5 Å². The van der Waals surface area contributed by atoms with E-state index in [-0.39, 0.29) is 0 Å². The molecule has 0 aromatic carbocycles. The normalized spacial score (nSPS) is 30.6. The molecule has 2 aromatic rings. The summed E-state index contributed by atoms with van der Waals surface area (Å²) in [7, 11) is 0. The first-order valence-electron chi connectivity index (χ1n) is 10.7. The van der Waals surface area contributed by atoms with Gasteiger partial charge in [0.15, 0.2) is 5.76 Å². The quantitative estimate of drug-likeness (QED) is 0.858. The summed E-state index contributed by atoms with van der Waals surface area (Å²) in [6, 6.07) is 7.32. The van der Waals surface area contributed by atoms with Gasteiger partial charge in [-0.2, -0.15) is 0 Å². The van der Waals surface area contributed by atoms with Crippen molar-refractivity contribution in [3.63, 3.8) is 0 Å². The standard InChI is InChI=1S/C22H30N4O2/c1-15-24-20(12-21(25-15)22-3-2-8-28-22)19-14-26-7-4-16(19)11-18(26)13-23-17-5-9-27-10-6-17/h2-3,8,12,16-19,23H,4-7,9-11,13-14H2,1H3/t16-,18+,19+/m0/s1. The van der Waals surface area contributed by atoms with E-state index in [1.165, 1.54) is 25.1 Å². The van der Waals surface area contributed by atoms with Crippen LogP contribution in [-0.2, 0) is 4.74 Å². The van der Waals surface area contributed by atoms with Crippen LogP contribution >= 0.6 is 0 Å². The van der Waals surface area contributed by atoms with Gasteiger partial charge in [0, 0.05) is 50.0 Å². The summed E-state index contributed by atoms with van der Waals surface area (Å²) in [5, 5.41) is 3.81. The summed E-state index contributed by atoms with van der Waals surface area (Å²) in [5.41, 5.74) is 2.09. The third-order valence-corrected chi connectivity index (χ3v) is 6.75. The molecule has 4 aliphatic heterocycles. The highest BCUT2D eigenvalue weighted by Crippen LogP contribution is 2.41. The Morgan fingerprint density at radius 2 is 2.11 bits per heavy atom. The first kappa shape index (κ1) is 18.3. The second-order valence-electron chi connectivity index (χ2n) is 8.54. The summed E-state index contributed by atoms with van der Waals surface area (Å²) in [5.74, 6) is 2.87. The van der Waals surface area contributed by atoms with Gasteiger partial charge in [0.2, 0.25) is 0 Å².